The second-order valence-corrected chi connectivity index (χ2v) is 18.1. The Kier molecular flexibility index (Phi) is 8.44. The number of anilines is 2. The van der Waals surface area contributed by atoms with E-state index in [0.717, 1.165) is 51.1 Å². The number of aliphatic carboxylic acids is 1. The van der Waals surface area contributed by atoms with Gasteiger partial charge in [-0.05, 0) is 35.9 Å². The van der Waals surface area contributed by atoms with Crippen LogP contribution in [0.3, 0.4) is 0 Å². The number of carbonyl (C=O) groups is 1. The molecule has 57 heavy (non-hydrogen) atoms. The van der Waals surface area contributed by atoms with Gasteiger partial charge in [0, 0.05) is 9.79 Å². The summed E-state index contributed by atoms with van der Waals surface area (Å²) in [5, 5.41) is 22.7. The lowest BCUT2D eigenvalue weighted by atomic mass is 10.1. The van der Waals surface area contributed by atoms with E-state index in [-0.39, 0.29) is 6.61 Å². The second-order valence-electron chi connectivity index (χ2n) is 12.9. The highest BCUT2D eigenvalue weighted by Gasteiger charge is 2.38. The molecular formula is C40H26N2O10S5. The molecule has 5 aliphatic rings. The maximum Gasteiger partial charge on any atom is 0.346 e. The summed E-state index contributed by atoms with van der Waals surface area (Å²) in [6, 6.07) is 16.5. The molecule has 0 bridgehead atoms. The summed E-state index contributed by atoms with van der Waals surface area (Å²) < 4.78 is 50.3. The van der Waals surface area contributed by atoms with Gasteiger partial charge in [0.15, 0.2) is 46.0 Å². The zero-order chi connectivity index (χ0) is 38.2. The Morgan fingerprint density at radius 1 is 0.579 bits per heavy atom. The number of thiophene rings is 4. The molecule has 286 valence electrons. The summed E-state index contributed by atoms with van der Waals surface area (Å²) in [7, 11) is 0. The van der Waals surface area contributed by atoms with Gasteiger partial charge in [-0.25, -0.2) is 4.79 Å². The topological polar surface area (TPSA) is 147 Å². The molecule has 4 aromatic heterocycles. The number of hydrogen-bond donors (Lipinski definition) is 2. The Labute approximate surface area is 344 Å². The lowest BCUT2D eigenvalue weighted by Gasteiger charge is -2.21. The number of carboxylic acids is 1. The Morgan fingerprint density at radius 2 is 1.02 bits per heavy atom. The third-order valence-corrected chi connectivity index (χ3v) is 15.7. The first-order chi connectivity index (χ1) is 28.0. The van der Waals surface area contributed by atoms with E-state index in [4.69, 9.17) is 37.9 Å². The van der Waals surface area contributed by atoms with Gasteiger partial charge in [-0.2, -0.15) is 5.26 Å². The van der Waals surface area contributed by atoms with Gasteiger partial charge >= 0.3 is 5.97 Å². The maximum atomic E-state index is 11.8. The first kappa shape index (κ1) is 34.7. The van der Waals surface area contributed by atoms with Crippen molar-refractivity contribution in [3.63, 3.8) is 0 Å². The molecule has 0 unspecified atom stereocenters. The average molecular weight is 855 g/mol. The molecule has 11 rings (SSSR count). The molecule has 9 heterocycles. The van der Waals surface area contributed by atoms with E-state index in [0.29, 0.717) is 102 Å². The van der Waals surface area contributed by atoms with Crippen molar-refractivity contribution < 1.29 is 47.8 Å². The molecule has 2 N–H and O–H groups in total. The summed E-state index contributed by atoms with van der Waals surface area (Å²) in [6.45, 7) is 2.88. The van der Waals surface area contributed by atoms with Crippen molar-refractivity contribution in [3.05, 3.63) is 52.9 Å². The van der Waals surface area contributed by atoms with E-state index in [2.05, 4.69) is 35.6 Å². The van der Waals surface area contributed by atoms with Crippen molar-refractivity contribution in [2.24, 2.45) is 0 Å². The minimum atomic E-state index is -1.33. The SMILES string of the molecule is N#C/C(=C\c1sc(-c2sc(-c3sc(-c4sc(-c5ccc6c(c5)Sc5ccccc5N6)c5c4OCCO5)c4c3OCCO4)c3c2OCCO3)c2c1OCCO2)C(=O)O. The minimum Gasteiger partial charge on any atom is -0.485 e. The average Bonchev–Trinajstić information content (AvgIpc) is 4.02. The Balaban J connectivity index is 1.04. The summed E-state index contributed by atoms with van der Waals surface area (Å²) in [6.07, 6.45) is 1.32. The van der Waals surface area contributed by atoms with Crippen molar-refractivity contribution in [1.82, 2.24) is 0 Å². The highest BCUT2D eigenvalue weighted by molar-refractivity contribution is 7.99. The van der Waals surface area contributed by atoms with Crippen molar-refractivity contribution in [2.75, 3.05) is 58.2 Å². The van der Waals surface area contributed by atoms with Crippen molar-refractivity contribution >= 4 is 80.5 Å². The molecule has 0 amide bonds. The number of hydrogen-bond acceptors (Lipinski definition) is 16. The molecular weight excluding hydrogens is 829 g/mol. The van der Waals surface area contributed by atoms with Crippen LogP contribution in [0.25, 0.3) is 45.8 Å². The molecule has 5 aliphatic heterocycles. The van der Waals surface area contributed by atoms with Gasteiger partial charge < -0.3 is 48.3 Å². The predicted molar refractivity (Wildman–Crippen MR) is 219 cm³/mol. The van der Waals surface area contributed by atoms with Crippen LogP contribution in [0.5, 0.6) is 46.0 Å². The fourth-order valence-corrected chi connectivity index (χ4v) is 13.2. The van der Waals surface area contributed by atoms with Crippen LogP contribution in [0, 0.1) is 11.3 Å². The molecule has 17 heteroatoms. The van der Waals surface area contributed by atoms with Crippen LogP contribution in [-0.4, -0.2) is 63.9 Å². The molecule has 6 aromatic rings. The number of nitriles is 1. The number of rotatable bonds is 6. The number of fused-ring (bicyclic) bond motifs is 6. The van der Waals surface area contributed by atoms with Crippen LogP contribution in [0.2, 0.25) is 0 Å². The summed E-state index contributed by atoms with van der Waals surface area (Å²) in [5.41, 5.74) is 2.76. The number of para-hydroxylation sites is 1. The summed E-state index contributed by atoms with van der Waals surface area (Å²) in [5.74, 6) is 3.27. The van der Waals surface area contributed by atoms with Crippen LogP contribution in [0.4, 0.5) is 11.4 Å². The number of nitrogens with one attached hydrogen (secondary N) is 1. The first-order valence-electron chi connectivity index (χ1n) is 17.8. The van der Waals surface area contributed by atoms with Gasteiger partial charge in [0.05, 0.1) is 50.4 Å². The van der Waals surface area contributed by atoms with E-state index >= 15 is 0 Å². The molecule has 0 atom stereocenters. The van der Waals surface area contributed by atoms with Gasteiger partial charge in [-0.15, -0.1) is 45.3 Å². The fraction of sp³-hybridized carbons (Fsp3) is 0.200. The van der Waals surface area contributed by atoms with Crippen LogP contribution >= 0.6 is 57.1 Å². The highest BCUT2D eigenvalue weighted by atomic mass is 32.2. The number of nitrogens with zero attached hydrogens (tertiary/aromatic N) is 1. The van der Waals surface area contributed by atoms with E-state index in [9.17, 15) is 15.2 Å². The molecule has 12 nitrogen and oxygen atoms in total. The largest absolute Gasteiger partial charge is 0.485 e. The normalized spacial score (nSPS) is 15.9. The van der Waals surface area contributed by atoms with Gasteiger partial charge in [-0.3, -0.25) is 0 Å². The number of carboxylic acid groups (broad SMARTS) is 1. The molecule has 2 aromatic carbocycles. The first-order valence-corrected chi connectivity index (χ1v) is 21.9. The van der Waals surface area contributed by atoms with Gasteiger partial charge in [0.2, 0.25) is 0 Å². The monoisotopic (exact) mass is 854 g/mol. The summed E-state index contributed by atoms with van der Waals surface area (Å²) >= 11 is 7.59. The van der Waals surface area contributed by atoms with Gasteiger partial charge in [0.25, 0.3) is 0 Å². The lowest BCUT2D eigenvalue weighted by molar-refractivity contribution is -0.132. The Morgan fingerprint density at radius 3 is 1.54 bits per heavy atom. The molecule has 0 saturated heterocycles. The maximum absolute atomic E-state index is 11.8. The van der Waals surface area contributed by atoms with Crippen molar-refractivity contribution in [1.29, 1.82) is 5.26 Å². The smallest absolute Gasteiger partial charge is 0.346 e. The molecule has 0 aliphatic carbocycles. The van der Waals surface area contributed by atoms with E-state index in [1.165, 1.54) is 45.0 Å². The van der Waals surface area contributed by atoms with E-state index < -0.39 is 11.5 Å². The number of ether oxygens (including phenoxy) is 8. The van der Waals surface area contributed by atoms with Crippen LogP contribution < -0.4 is 43.2 Å². The van der Waals surface area contributed by atoms with E-state index in [1.54, 1.807) is 29.2 Å². The molecule has 0 fully saturated rings. The third kappa shape index (κ3) is 5.69. The zero-order valence-electron chi connectivity index (χ0n) is 29.4. The molecule has 0 spiro atoms. The highest BCUT2D eigenvalue weighted by Crippen LogP contribution is 2.66. The Hall–Kier alpha value is -5.51. The van der Waals surface area contributed by atoms with E-state index in [1.807, 2.05) is 12.1 Å². The van der Waals surface area contributed by atoms with Crippen LogP contribution in [0.1, 0.15) is 4.88 Å². The molecule has 0 radical (unpaired) electrons. The summed E-state index contributed by atoms with van der Waals surface area (Å²) in [4.78, 5) is 20.2. The van der Waals surface area contributed by atoms with Crippen LogP contribution in [0.15, 0.2) is 57.8 Å². The van der Waals surface area contributed by atoms with Gasteiger partial charge in [-0.1, -0.05) is 30.0 Å². The van der Waals surface area contributed by atoms with Gasteiger partial charge in [0.1, 0.15) is 64.5 Å². The van der Waals surface area contributed by atoms with Crippen LogP contribution in [-0.2, 0) is 4.79 Å². The van der Waals surface area contributed by atoms with Crippen molar-refractivity contribution in [3.8, 4) is 91.8 Å². The van der Waals surface area contributed by atoms with Crippen molar-refractivity contribution in [2.45, 2.75) is 9.79 Å². The second kappa shape index (κ2) is 13.9. The Bertz CT molecular complexity index is 2740. The molecule has 0 saturated carbocycles. The third-order valence-electron chi connectivity index (χ3n) is 9.49. The number of benzene rings is 2. The predicted octanol–water partition coefficient (Wildman–Crippen LogP) is 9.89. The standard InChI is InChI=1S/C40H26N2O10S5/c41-17-19(40(43)44)16-24-25-26(46-8-7-45-25)34(54-24)35-29-30(50-12-11-49-29)38(56-35)39-32-31(51-13-14-52-32)37(57-39)36-28-27(47-9-10-48-28)33(55-36)18-5-6-21-23(15-18)53-22-4-2-1-3-20(22)42-21/h1-6,15-16,42H,7-14H2,(H,43,44)/b19-16+. The zero-order valence-corrected chi connectivity index (χ0v) is 33.5. The minimum absolute atomic E-state index is 0.286. The quantitative estimate of drug-likeness (QED) is 0.121. The lowest BCUT2D eigenvalue weighted by Crippen LogP contribution is -2.16. The fourth-order valence-electron chi connectivity index (χ4n) is 7.05.